The second kappa shape index (κ2) is 6.57. The predicted octanol–water partition coefficient (Wildman–Crippen LogP) is 1.48. The molecule has 3 aliphatic rings. The molecular weight excluding hydrogens is 344 g/mol. The number of halogens is 1. The zero-order chi connectivity index (χ0) is 15.5. The molecule has 0 aromatic heterocycles. The Morgan fingerprint density at radius 1 is 1.24 bits per heavy atom. The van der Waals surface area contributed by atoms with E-state index >= 15 is 0 Å². The van der Waals surface area contributed by atoms with Gasteiger partial charge >= 0.3 is 11.9 Å². The first kappa shape index (κ1) is 16.0. The lowest BCUT2D eigenvalue weighted by atomic mass is 9.85. The van der Waals surface area contributed by atoms with Gasteiger partial charge in [-0.05, 0) is 28.8 Å². The van der Waals surface area contributed by atoms with Gasteiger partial charge in [-0.25, -0.2) is 9.59 Å². The maximum atomic E-state index is 9.55. The van der Waals surface area contributed by atoms with E-state index in [0.29, 0.717) is 24.2 Å². The minimum Gasteiger partial charge on any atom is -0.478 e. The lowest BCUT2D eigenvalue weighted by Crippen LogP contribution is -2.48. The summed E-state index contributed by atoms with van der Waals surface area (Å²) in [6.07, 6.45) is 6.97. The van der Waals surface area contributed by atoms with Crippen molar-refractivity contribution >= 4 is 32.5 Å². The van der Waals surface area contributed by atoms with Gasteiger partial charge in [0, 0.05) is 43.5 Å². The molecule has 0 aromatic rings. The molecule has 0 saturated carbocycles. The number of carbonyl (C=O) groups is 2. The van der Waals surface area contributed by atoms with E-state index in [4.69, 9.17) is 15.1 Å². The number of carboxylic acids is 2. The fourth-order valence-electron chi connectivity index (χ4n) is 3.04. The molecule has 0 aliphatic carbocycles. The summed E-state index contributed by atoms with van der Waals surface area (Å²) < 4.78 is 0.980. The minimum absolute atomic E-state index is 0.0376. The van der Waals surface area contributed by atoms with Crippen LogP contribution in [-0.2, 0) is 14.4 Å². The molecule has 3 N–H and O–H groups in total. The molecule has 1 spiro atoms. The van der Waals surface area contributed by atoms with E-state index in [1.807, 2.05) is 0 Å². The Hall–Kier alpha value is -1.41. The van der Waals surface area contributed by atoms with Crippen LogP contribution in [0.1, 0.15) is 32.1 Å². The summed E-state index contributed by atoms with van der Waals surface area (Å²) in [4.78, 5) is 24.7. The van der Waals surface area contributed by atoms with E-state index in [1.54, 1.807) is 0 Å². The van der Waals surface area contributed by atoms with Gasteiger partial charge in [0.1, 0.15) is 10.2 Å². The Morgan fingerprint density at radius 2 is 1.76 bits per heavy atom. The molecule has 3 heterocycles. The van der Waals surface area contributed by atoms with Gasteiger partial charge in [-0.3, -0.25) is 0 Å². The fourth-order valence-corrected chi connectivity index (χ4v) is 3.63. The Kier molecular flexibility index (Phi) is 5.00. The summed E-state index contributed by atoms with van der Waals surface area (Å²) in [6, 6.07) is 1.35. The van der Waals surface area contributed by atoms with E-state index in [9.17, 15) is 9.59 Å². The molecule has 8 heteroatoms. The molecule has 2 fully saturated rings. The normalized spacial score (nSPS) is 33.3. The van der Waals surface area contributed by atoms with Crippen molar-refractivity contribution in [2.75, 3.05) is 0 Å². The van der Waals surface area contributed by atoms with Crippen molar-refractivity contribution in [1.29, 1.82) is 0 Å². The van der Waals surface area contributed by atoms with Crippen molar-refractivity contribution in [3.05, 3.63) is 12.2 Å². The van der Waals surface area contributed by atoms with E-state index in [1.165, 1.54) is 12.8 Å². The van der Waals surface area contributed by atoms with Crippen LogP contribution in [0.25, 0.3) is 0 Å². The maximum absolute atomic E-state index is 9.55. The van der Waals surface area contributed by atoms with E-state index < -0.39 is 11.9 Å². The monoisotopic (exact) mass is 360 g/mol. The van der Waals surface area contributed by atoms with Crippen LogP contribution in [0.4, 0.5) is 0 Å². The van der Waals surface area contributed by atoms with Gasteiger partial charge in [0.15, 0.2) is 0 Å². The third-order valence-corrected chi connectivity index (χ3v) is 4.17. The second-order valence-electron chi connectivity index (χ2n) is 5.47. The number of nitrogens with zero attached hydrogens (tertiary/aromatic N) is 1. The number of oxime groups is 1. The summed E-state index contributed by atoms with van der Waals surface area (Å²) >= 11 is 3.41. The molecule has 0 amide bonds. The fraction of sp³-hybridized carbons (Fsp3) is 0.615. The molecule has 0 radical (unpaired) electrons. The quantitative estimate of drug-likeness (QED) is 0.643. The Balaban J connectivity index is 0.000000177. The third kappa shape index (κ3) is 4.53. The number of rotatable bonds is 2. The first-order valence-corrected chi connectivity index (χ1v) is 7.48. The van der Waals surface area contributed by atoms with Crippen LogP contribution in [0.5, 0.6) is 0 Å². The van der Waals surface area contributed by atoms with Gasteiger partial charge in [-0.2, -0.15) is 0 Å². The highest BCUT2D eigenvalue weighted by Gasteiger charge is 2.48. The van der Waals surface area contributed by atoms with E-state index in [2.05, 4.69) is 26.4 Å². The summed E-state index contributed by atoms with van der Waals surface area (Å²) in [5.74, 6) is -2.51. The summed E-state index contributed by atoms with van der Waals surface area (Å²) in [6.45, 7) is 0. The Labute approximate surface area is 130 Å². The summed E-state index contributed by atoms with van der Waals surface area (Å²) in [5.41, 5.74) is 0.0376. The highest BCUT2D eigenvalue weighted by Crippen LogP contribution is 2.42. The van der Waals surface area contributed by atoms with Gasteiger partial charge in [-0.15, -0.1) is 0 Å². The second-order valence-corrected chi connectivity index (χ2v) is 6.39. The molecule has 1 unspecified atom stereocenters. The third-order valence-electron chi connectivity index (χ3n) is 3.75. The zero-order valence-corrected chi connectivity index (χ0v) is 12.9. The largest absolute Gasteiger partial charge is 0.478 e. The number of hydrogen-bond donors (Lipinski definition) is 3. The van der Waals surface area contributed by atoms with Crippen LogP contribution in [0.2, 0.25) is 0 Å². The number of hydrogen-bond acceptors (Lipinski definition) is 5. The molecule has 7 nitrogen and oxygen atoms in total. The van der Waals surface area contributed by atoms with E-state index in [0.717, 1.165) is 23.9 Å². The first-order chi connectivity index (χ1) is 9.88. The molecule has 116 valence electrons. The predicted molar refractivity (Wildman–Crippen MR) is 78.4 cm³/mol. The van der Waals surface area contributed by atoms with Crippen molar-refractivity contribution in [2.24, 2.45) is 5.16 Å². The molecule has 0 aromatic carbocycles. The van der Waals surface area contributed by atoms with Gasteiger partial charge in [0.2, 0.25) is 0 Å². The number of carboxylic acid groups (broad SMARTS) is 2. The van der Waals surface area contributed by atoms with Gasteiger partial charge < -0.3 is 20.4 Å². The average Bonchev–Trinajstić information content (AvgIpc) is 2.91. The Morgan fingerprint density at radius 3 is 2.14 bits per heavy atom. The minimum atomic E-state index is -1.26. The van der Waals surface area contributed by atoms with E-state index in [-0.39, 0.29) is 5.60 Å². The molecule has 3 aliphatic heterocycles. The highest BCUT2D eigenvalue weighted by atomic mass is 79.9. The molecule has 3 atom stereocenters. The lowest BCUT2D eigenvalue weighted by molar-refractivity contribution is -0.134. The van der Waals surface area contributed by atoms with Crippen molar-refractivity contribution in [2.45, 2.75) is 49.8 Å². The summed E-state index contributed by atoms with van der Waals surface area (Å²) in [5, 5.41) is 23.2. The molecule has 2 bridgehead atoms. The maximum Gasteiger partial charge on any atom is 0.328 e. The SMILES string of the molecule is BrC1=NOC2(C1)C[C@H]1CC[C@@H](C2)N1.O=C(O)/C=C/C(=O)O. The van der Waals surface area contributed by atoms with Crippen LogP contribution in [0, 0.1) is 0 Å². The standard InChI is InChI=1S/C9H13BrN2O.C4H4O4/c10-8-5-9(13-12-8)3-6-1-2-7(4-9)11-6;5-3(6)1-2-4(7)8/h6-7,11H,1-5H2;1-2H,(H,5,6)(H,7,8)/b;2-1+/t6-,7+,9?;. The molecular formula is C13H17BrN2O5. The number of piperidine rings is 1. The highest BCUT2D eigenvalue weighted by molar-refractivity contribution is 9.18. The molecule has 2 saturated heterocycles. The lowest BCUT2D eigenvalue weighted by Gasteiger charge is -2.35. The average molecular weight is 361 g/mol. The number of fused-ring (bicyclic) bond motifs is 2. The first-order valence-electron chi connectivity index (χ1n) is 6.69. The van der Waals surface area contributed by atoms with Gasteiger partial charge in [-0.1, -0.05) is 5.16 Å². The van der Waals surface area contributed by atoms with Crippen molar-refractivity contribution in [3.8, 4) is 0 Å². The van der Waals surface area contributed by atoms with Crippen LogP contribution in [0.3, 0.4) is 0 Å². The van der Waals surface area contributed by atoms with Gasteiger partial charge in [0.05, 0.1) is 0 Å². The zero-order valence-electron chi connectivity index (χ0n) is 11.3. The van der Waals surface area contributed by atoms with Crippen LogP contribution in [-0.4, -0.2) is 44.5 Å². The van der Waals surface area contributed by atoms with Crippen LogP contribution in [0.15, 0.2) is 17.3 Å². The van der Waals surface area contributed by atoms with Crippen LogP contribution < -0.4 is 5.32 Å². The van der Waals surface area contributed by atoms with Crippen molar-refractivity contribution < 1.29 is 24.6 Å². The topological polar surface area (TPSA) is 108 Å². The van der Waals surface area contributed by atoms with Crippen LogP contribution >= 0.6 is 15.9 Å². The smallest absolute Gasteiger partial charge is 0.328 e. The summed E-state index contributed by atoms with van der Waals surface area (Å²) in [7, 11) is 0. The number of aliphatic carboxylic acids is 2. The Bertz CT molecular complexity index is 463. The van der Waals surface area contributed by atoms with Crippen molar-refractivity contribution in [1.82, 2.24) is 5.32 Å². The van der Waals surface area contributed by atoms with Crippen molar-refractivity contribution in [3.63, 3.8) is 0 Å². The number of nitrogens with one attached hydrogen (secondary N) is 1. The molecule has 21 heavy (non-hydrogen) atoms. The van der Waals surface area contributed by atoms with Gasteiger partial charge in [0.25, 0.3) is 0 Å². The molecule has 3 rings (SSSR count).